The lowest BCUT2D eigenvalue weighted by Gasteiger charge is -2.37. The van der Waals surface area contributed by atoms with Crippen molar-refractivity contribution in [3.8, 4) is 0 Å². The van der Waals surface area contributed by atoms with Crippen LogP contribution in [0.3, 0.4) is 0 Å². The highest BCUT2D eigenvalue weighted by Gasteiger charge is 2.25. The van der Waals surface area contributed by atoms with Crippen LogP contribution in [-0.2, 0) is 0 Å². The molecular formula is C14H24N4. The van der Waals surface area contributed by atoms with Gasteiger partial charge in [0.1, 0.15) is 5.82 Å². The van der Waals surface area contributed by atoms with Crippen LogP contribution in [-0.4, -0.2) is 29.6 Å². The van der Waals surface area contributed by atoms with Gasteiger partial charge in [-0.1, -0.05) is 20.8 Å². The van der Waals surface area contributed by atoms with Gasteiger partial charge in [0.05, 0.1) is 0 Å². The Bertz CT molecular complexity index is 379. The molecule has 18 heavy (non-hydrogen) atoms. The number of hydrogen-bond donors (Lipinski definition) is 1. The van der Waals surface area contributed by atoms with Crippen LogP contribution in [0.4, 0.5) is 11.8 Å². The molecule has 0 bridgehead atoms. The monoisotopic (exact) mass is 248 g/mol. The summed E-state index contributed by atoms with van der Waals surface area (Å²) in [4.78, 5) is 11.2. The summed E-state index contributed by atoms with van der Waals surface area (Å²) in [6, 6.07) is 2.01. The summed E-state index contributed by atoms with van der Waals surface area (Å²) in [5.41, 5.74) is 0.479. The molecular weight excluding hydrogens is 224 g/mol. The first-order valence-electron chi connectivity index (χ1n) is 6.92. The molecule has 1 aliphatic heterocycles. The highest BCUT2D eigenvalue weighted by Crippen LogP contribution is 2.31. The topological polar surface area (TPSA) is 41.1 Å². The molecule has 0 unspecified atom stereocenters. The number of hydrogen-bond acceptors (Lipinski definition) is 4. The van der Waals surface area contributed by atoms with E-state index in [1.807, 2.05) is 12.3 Å². The van der Waals surface area contributed by atoms with Crippen molar-refractivity contribution >= 4 is 11.8 Å². The Labute approximate surface area is 110 Å². The molecule has 0 aromatic carbocycles. The fraction of sp³-hybridized carbons (Fsp3) is 0.714. The van der Waals surface area contributed by atoms with E-state index in [2.05, 4.69) is 41.0 Å². The molecule has 0 spiro atoms. The van der Waals surface area contributed by atoms with Crippen LogP contribution in [0.15, 0.2) is 12.3 Å². The molecule has 2 heterocycles. The third-order valence-electron chi connectivity index (χ3n) is 3.61. The van der Waals surface area contributed by atoms with Crippen molar-refractivity contribution in [2.45, 2.75) is 40.0 Å². The Hall–Kier alpha value is -1.32. The van der Waals surface area contributed by atoms with Crippen molar-refractivity contribution in [1.29, 1.82) is 0 Å². The predicted molar refractivity (Wildman–Crippen MR) is 76.0 cm³/mol. The maximum absolute atomic E-state index is 4.59. The predicted octanol–water partition coefficient (Wildman–Crippen LogP) is 2.92. The molecule has 1 aromatic rings. The third kappa shape index (κ3) is 3.34. The summed E-state index contributed by atoms with van der Waals surface area (Å²) in [6.07, 6.45) is 5.40. The van der Waals surface area contributed by atoms with Crippen LogP contribution >= 0.6 is 0 Å². The van der Waals surface area contributed by atoms with Gasteiger partial charge in [0.15, 0.2) is 0 Å². The Morgan fingerprint density at radius 2 is 2.06 bits per heavy atom. The summed E-state index contributed by atoms with van der Waals surface area (Å²) in [7, 11) is 0. The average molecular weight is 248 g/mol. The van der Waals surface area contributed by atoms with Gasteiger partial charge >= 0.3 is 0 Å². The van der Waals surface area contributed by atoms with E-state index >= 15 is 0 Å². The van der Waals surface area contributed by atoms with E-state index in [1.54, 1.807) is 0 Å². The van der Waals surface area contributed by atoms with Gasteiger partial charge in [0, 0.05) is 25.8 Å². The van der Waals surface area contributed by atoms with E-state index in [0.717, 1.165) is 37.8 Å². The van der Waals surface area contributed by atoms with Gasteiger partial charge in [-0.25, -0.2) is 4.98 Å². The quantitative estimate of drug-likeness (QED) is 0.889. The van der Waals surface area contributed by atoms with Gasteiger partial charge in [-0.2, -0.15) is 4.98 Å². The second-order valence-corrected chi connectivity index (χ2v) is 5.82. The smallest absolute Gasteiger partial charge is 0.224 e. The minimum Gasteiger partial charge on any atom is -0.356 e. The Balaban J connectivity index is 2.00. The molecule has 0 radical (unpaired) electrons. The fourth-order valence-corrected chi connectivity index (χ4v) is 2.19. The normalized spacial score (nSPS) is 18.7. The minimum atomic E-state index is 0.479. The van der Waals surface area contributed by atoms with Gasteiger partial charge < -0.3 is 10.2 Å². The molecule has 0 saturated carbocycles. The number of nitrogens with zero attached hydrogens (tertiary/aromatic N) is 3. The maximum atomic E-state index is 4.59. The SMILES string of the molecule is CCCNc1nccc(N2CCC(C)(C)CC2)n1. The molecule has 2 rings (SSSR count). The molecule has 0 amide bonds. The Morgan fingerprint density at radius 1 is 1.33 bits per heavy atom. The highest BCUT2D eigenvalue weighted by molar-refractivity contribution is 5.42. The molecule has 1 saturated heterocycles. The zero-order valence-corrected chi connectivity index (χ0v) is 11.7. The fourth-order valence-electron chi connectivity index (χ4n) is 2.19. The van der Waals surface area contributed by atoms with Crippen LogP contribution in [0.25, 0.3) is 0 Å². The average Bonchev–Trinajstić information content (AvgIpc) is 2.37. The lowest BCUT2D eigenvalue weighted by molar-refractivity contribution is 0.279. The van der Waals surface area contributed by atoms with Crippen LogP contribution in [0.2, 0.25) is 0 Å². The van der Waals surface area contributed by atoms with Gasteiger partial charge in [0.2, 0.25) is 5.95 Å². The molecule has 4 heteroatoms. The molecule has 0 aliphatic carbocycles. The van der Waals surface area contributed by atoms with Crippen molar-refractivity contribution in [2.24, 2.45) is 5.41 Å². The second kappa shape index (κ2) is 5.55. The number of anilines is 2. The van der Waals surface area contributed by atoms with Crippen molar-refractivity contribution in [1.82, 2.24) is 9.97 Å². The van der Waals surface area contributed by atoms with Crippen molar-refractivity contribution in [3.05, 3.63) is 12.3 Å². The van der Waals surface area contributed by atoms with Crippen LogP contribution < -0.4 is 10.2 Å². The van der Waals surface area contributed by atoms with E-state index in [0.29, 0.717) is 5.41 Å². The lowest BCUT2D eigenvalue weighted by Crippen LogP contribution is -2.37. The number of rotatable bonds is 4. The first-order chi connectivity index (χ1) is 8.61. The zero-order chi connectivity index (χ0) is 13.0. The van der Waals surface area contributed by atoms with Gasteiger partial charge in [0.25, 0.3) is 0 Å². The third-order valence-corrected chi connectivity index (χ3v) is 3.61. The minimum absolute atomic E-state index is 0.479. The molecule has 4 nitrogen and oxygen atoms in total. The number of piperidine rings is 1. The molecule has 0 atom stereocenters. The van der Waals surface area contributed by atoms with Crippen LogP contribution in [0, 0.1) is 5.41 Å². The van der Waals surface area contributed by atoms with Gasteiger partial charge in [-0.15, -0.1) is 0 Å². The highest BCUT2D eigenvalue weighted by atomic mass is 15.2. The van der Waals surface area contributed by atoms with Crippen molar-refractivity contribution in [3.63, 3.8) is 0 Å². The van der Waals surface area contributed by atoms with E-state index in [-0.39, 0.29) is 0 Å². The van der Waals surface area contributed by atoms with Crippen molar-refractivity contribution in [2.75, 3.05) is 29.9 Å². The van der Waals surface area contributed by atoms with E-state index in [4.69, 9.17) is 0 Å². The zero-order valence-electron chi connectivity index (χ0n) is 11.7. The van der Waals surface area contributed by atoms with Gasteiger partial charge in [-0.05, 0) is 30.7 Å². The van der Waals surface area contributed by atoms with E-state index < -0.39 is 0 Å². The Morgan fingerprint density at radius 3 is 2.72 bits per heavy atom. The van der Waals surface area contributed by atoms with Crippen LogP contribution in [0.5, 0.6) is 0 Å². The first-order valence-corrected chi connectivity index (χ1v) is 6.92. The molecule has 1 N–H and O–H groups in total. The molecule has 1 aliphatic rings. The maximum Gasteiger partial charge on any atom is 0.224 e. The molecule has 1 aromatic heterocycles. The Kier molecular flexibility index (Phi) is 4.04. The first kappa shape index (κ1) is 13.1. The largest absolute Gasteiger partial charge is 0.356 e. The summed E-state index contributed by atoms with van der Waals surface area (Å²) < 4.78 is 0. The number of nitrogens with one attached hydrogen (secondary N) is 1. The molecule has 1 fully saturated rings. The van der Waals surface area contributed by atoms with Gasteiger partial charge in [-0.3, -0.25) is 0 Å². The van der Waals surface area contributed by atoms with E-state index in [1.165, 1.54) is 12.8 Å². The molecule has 100 valence electrons. The summed E-state index contributed by atoms with van der Waals surface area (Å²) in [5, 5.41) is 3.24. The van der Waals surface area contributed by atoms with Crippen LogP contribution in [0.1, 0.15) is 40.0 Å². The summed E-state index contributed by atoms with van der Waals surface area (Å²) in [5.74, 6) is 1.80. The second-order valence-electron chi connectivity index (χ2n) is 5.82. The summed E-state index contributed by atoms with van der Waals surface area (Å²) >= 11 is 0. The van der Waals surface area contributed by atoms with E-state index in [9.17, 15) is 0 Å². The lowest BCUT2D eigenvalue weighted by atomic mass is 9.83. The standard InChI is InChI=1S/C14H24N4/c1-4-8-15-13-16-9-5-12(17-13)18-10-6-14(2,3)7-11-18/h5,9H,4,6-8,10-11H2,1-3H3,(H,15,16,17). The summed E-state index contributed by atoms with van der Waals surface area (Å²) in [6.45, 7) is 9.95. The van der Waals surface area contributed by atoms with Crippen molar-refractivity contribution < 1.29 is 0 Å². The number of aromatic nitrogens is 2.